The van der Waals surface area contributed by atoms with Crippen LogP contribution in [-0.2, 0) is 0 Å². The Labute approximate surface area is 800 Å². The van der Waals surface area contributed by atoms with Crippen LogP contribution in [0.15, 0.2) is 437 Å². The fourth-order valence-corrected chi connectivity index (χ4v) is 25.0. The van der Waals surface area contributed by atoms with Crippen molar-refractivity contribution >= 4 is 241 Å². The average molecular weight is 1820 g/mol. The number of fused-ring (bicyclic) bond motifs is 27. The SMILES string of the molecule is c1ccc(-c2cccc(-c3nc(-c4nc5ccc6c7ccccc7sc6c5c5ccccc45)nc4c3sc3ccccc34)c2)cc1.c1ccc(N(c2ccccc2)c2ccc(-c3nc(-c4nc5ccc6c7ccccc7sc6c5c5ccccc45)nc4ccccc34)cc2)cc1.c1ccc2cc(-c3nc(-c4nc5ccc6c7ccccc7sc6c5c5ccccc45)nc4ccccc34)ccc2c1. The van der Waals surface area contributed by atoms with Crippen LogP contribution in [-0.4, -0.2) is 44.9 Å². The molecule has 29 aromatic rings. The molecule has 638 valence electrons. The maximum Gasteiger partial charge on any atom is 0.180 e. The highest BCUT2D eigenvalue weighted by Crippen LogP contribution is 2.50. The molecular formula is C123H72N10S4. The van der Waals surface area contributed by atoms with E-state index in [4.69, 9.17) is 44.9 Å². The number of hydrogen-bond acceptors (Lipinski definition) is 14. The third-order valence-corrected chi connectivity index (χ3v) is 31.2. The molecule has 29 rings (SSSR count). The molecule has 0 bridgehead atoms. The summed E-state index contributed by atoms with van der Waals surface area (Å²) in [5.74, 6) is 1.90. The van der Waals surface area contributed by atoms with Crippen LogP contribution in [0.25, 0.3) is 258 Å². The van der Waals surface area contributed by atoms with Crippen LogP contribution in [0.5, 0.6) is 0 Å². The number of pyridine rings is 3. The van der Waals surface area contributed by atoms with E-state index in [2.05, 4.69) is 417 Å². The lowest BCUT2D eigenvalue weighted by molar-refractivity contribution is 1.20. The number of nitrogens with zero attached hydrogens (tertiary/aromatic N) is 10. The van der Waals surface area contributed by atoms with Crippen molar-refractivity contribution in [2.24, 2.45) is 0 Å². The zero-order valence-corrected chi connectivity index (χ0v) is 76.4. The van der Waals surface area contributed by atoms with E-state index in [9.17, 15) is 0 Å². The fraction of sp³-hybridized carbons (Fsp3) is 0. The van der Waals surface area contributed by atoms with E-state index in [1.807, 2.05) is 58.3 Å². The molecule has 0 aliphatic carbocycles. The predicted molar refractivity (Wildman–Crippen MR) is 581 cm³/mol. The van der Waals surface area contributed by atoms with E-state index in [-0.39, 0.29) is 0 Å². The molecule has 0 amide bonds. The number of benzene rings is 19. The van der Waals surface area contributed by atoms with E-state index in [1.165, 1.54) is 108 Å². The largest absolute Gasteiger partial charge is 0.311 e. The molecule has 0 aliphatic rings. The maximum absolute atomic E-state index is 5.36. The third-order valence-electron chi connectivity index (χ3n) is 26.4. The van der Waals surface area contributed by atoms with Crippen LogP contribution in [0.1, 0.15) is 0 Å². The Hall–Kier alpha value is -17.1. The van der Waals surface area contributed by atoms with Crippen LogP contribution in [0.4, 0.5) is 17.1 Å². The summed E-state index contributed by atoms with van der Waals surface area (Å²) in [5.41, 5.74) is 19.5. The summed E-state index contributed by atoms with van der Waals surface area (Å²) in [4.78, 5) is 49.6. The molecule has 0 aliphatic heterocycles. The molecule has 0 saturated carbocycles. The molecule has 0 fully saturated rings. The molecule has 14 heteroatoms. The standard InChI is InChI=1S/C45H28N4S.C41H23N3S2.C37H21N3S/c1-3-13-30(14-4-1)49(31-15-5-2-6-16-31)32-25-23-29(24-26-32)42-37-20-9-11-21-38(37)47-45(48-42)43-35-19-8-7-18-34(35)41-39(46-43)28-27-36-33-17-10-12-22-40(33)50-44(36)41;1-2-11-24(12-3-1)25-13-10-14-26(23-25)36-40-37(31-18-7-9-20-34(31)46-40)44-41(43-36)38-29-17-5-4-16-28(29)35-32(42-38)22-21-30-27-15-6-8-19-33(27)45-39(30)35;1-2-10-23-21-24(18-17-22(23)9-1)34-29-14-5-7-15-30(29)39-37(40-34)35-27-13-4-3-12-26(27)33-31(38-35)20-19-28-25-11-6-8-16-32(25)41-36(28)33/h1-28H;1-23H;1-21H. The van der Waals surface area contributed by atoms with Crippen molar-refractivity contribution in [1.82, 2.24) is 44.9 Å². The van der Waals surface area contributed by atoms with Gasteiger partial charge in [-0.05, 0) is 141 Å². The Morgan fingerprint density at radius 1 is 0.161 bits per heavy atom. The van der Waals surface area contributed by atoms with E-state index >= 15 is 0 Å². The van der Waals surface area contributed by atoms with Gasteiger partial charge in [0.25, 0.3) is 0 Å². The summed E-state index contributed by atoms with van der Waals surface area (Å²) in [6.07, 6.45) is 0. The van der Waals surface area contributed by atoms with E-state index < -0.39 is 0 Å². The summed E-state index contributed by atoms with van der Waals surface area (Å²) in [7, 11) is 0. The molecule has 137 heavy (non-hydrogen) atoms. The van der Waals surface area contributed by atoms with Crippen LogP contribution in [0, 0.1) is 0 Å². The lowest BCUT2D eigenvalue weighted by Gasteiger charge is -2.25. The van der Waals surface area contributed by atoms with E-state index in [0.29, 0.717) is 17.5 Å². The molecule has 19 aromatic carbocycles. The number of rotatable bonds is 10. The summed E-state index contributed by atoms with van der Waals surface area (Å²) < 4.78 is 9.97. The molecule has 0 radical (unpaired) electrons. The highest BCUT2D eigenvalue weighted by Gasteiger charge is 2.27. The van der Waals surface area contributed by atoms with Gasteiger partial charge in [-0.2, -0.15) is 0 Å². The van der Waals surface area contributed by atoms with Crippen LogP contribution in [0.3, 0.4) is 0 Å². The van der Waals surface area contributed by atoms with Gasteiger partial charge in [0, 0.05) is 147 Å². The molecule has 0 saturated heterocycles. The topological polar surface area (TPSA) is 119 Å². The molecule has 0 unspecified atom stereocenters. The Morgan fingerprint density at radius 2 is 0.496 bits per heavy atom. The van der Waals surface area contributed by atoms with Gasteiger partial charge in [0.15, 0.2) is 17.5 Å². The molecule has 10 heterocycles. The number of para-hydroxylation sites is 4. The van der Waals surface area contributed by atoms with Crippen molar-refractivity contribution in [3.8, 4) is 79.5 Å². The van der Waals surface area contributed by atoms with Crippen molar-refractivity contribution in [2.75, 3.05) is 4.90 Å². The van der Waals surface area contributed by atoms with Gasteiger partial charge < -0.3 is 4.90 Å². The quantitative estimate of drug-likeness (QED) is 0.122. The number of aromatic nitrogens is 9. The van der Waals surface area contributed by atoms with Gasteiger partial charge in [-0.15, -0.1) is 45.3 Å². The second-order valence-electron chi connectivity index (χ2n) is 34.4. The Bertz CT molecular complexity index is 9940. The zero-order chi connectivity index (χ0) is 90.1. The Kier molecular flexibility index (Phi) is 19.2. The first-order valence-corrected chi connectivity index (χ1v) is 49.0. The Balaban J connectivity index is 0.000000104. The first-order chi connectivity index (χ1) is 67.9. The second kappa shape index (κ2) is 33.0. The lowest BCUT2D eigenvalue weighted by Crippen LogP contribution is -2.09. The number of hydrogen-bond donors (Lipinski definition) is 0. The smallest absolute Gasteiger partial charge is 0.180 e. The highest BCUT2D eigenvalue weighted by molar-refractivity contribution is 7.28. The first kappa shape index (κ1) is 79.6. The Morgan fingerprint density at radius 3 is 0.978 bits per heavy atom. The van der Waals surface area contributed by atoms with Gasteiger partial charge >= 0.3 is 0 Å². The van der Waals surface area contributed by atoms with Gasteiger partial charge in [0.2, 0.25) is 0 Å². The van der Waals surface area contributed by atoms with Gasteiger partial charge in [0.05, 0.1) is 54.9 Å². The fourth-order valence-electron chi connectivity index (χ4n) is 20.1. The minimum Gasteiger partial charge on any atom is -0.311 e. The van der Waals surface area contributed by atoms with Crippen LogP contribution < -0.4 is 4.90 Å². The summed E-state index contributed by atoms with van der Waals surface area (Å²) in [6, 6.07) is 154. The minimum absolute atomic E-state index is 0.618. The van der Waals surface area contributed by atoms with Gasteiger partial charge in [0.1, 0.15) is 17.1 Å². The molecule has 10 nitrogen and oxygen atoms in total. The third kappa shape index (κ3) is 13.7. The summed E-state index contributed by atoms with van der Waals surface area (Å²) in [5, 5.41) is 23.5. The van der Waals surface area contributed by atoms with Crippen molar-refractivity contribution in [3.05, 3.63) is 437 Å². The lowest BCUT2D eigenvalue weighted by atomic mass is 10.0. The predicted octanol–water partition coefficient (Wildman–Crippen LogP) is 34.6. The first-order valence-electron chi connectivity index (χ1n) is 45.7. The highest BCUT2D eigenvalue weighted by atomic mass is 32.1. The van der Waals surface area contributed by atoms with Crippen LogP contribution in [0.2, 0.25) is 0 Å². The average Bonchev–Trinajstić information content (AvgIpc) is 1.66. The van der Waals surface area contributed by atoms with Gasteiger partial charge in [-0.3, -0.25) is 0 Å². The van der Waals surface area contributed by atoms with E-state index in [1.54, 1.807) is 11.3 Å². The monoisotopic (exact) mass is 1820 g/mol. The summed E-state index contributed by atoms with van der Waals surface area (Å²) >= 11 is 7.27. The molecule has 10 aromatic heterocycles. The second-order valence-corrected chi connectivity index (χ2v) is 38.6. The number of thiophene rings is 4. The van der Waals surface area contributed by atoms with Crippen LogP contribution >= 0.6 is 45.3 Å². The normalized spacial score (nSPS) is 11.8. The maximum atomic E-state index is 5.36. The van der Waals surface area contributed by atoms with Crippen molar-refractivity contribution in [1.29, 1.82) is 0 Å². The zero-order valence-electron chi connectivity index (χ0n) is 73.2. The van der Waals surface area contributed by atoms with Crippen molar-refractivity contribution in [2.45, 2.75) is 0 Å². The van der Waals surface area contributed by atoms with Crippen molar-refractivity contribution in [3.63, 3.8) is 0 Å². The molecule has 0 spiro atoms. The van der Waals surface area contributed by atoms with Gasteiger partial charge in [-0.25, -0.2) is 44.9 Å². The number of anilines is 3. The summed E-state index contributed by atoms with van der Waals surface area (Å²) in [6.45, 7) is 0. The minimum atomic E-state index is 0.618. The molecule has 0 atom stereocenters. The van der Waals surface area contributed by atoms with E-state index in [0.717, 1.165) is 149 Å². The van der Waals surface area contributed by atoms with Gasteiger partial charge in [-0.1, -0.05) is 334 Å². The molecule has 0 N–H and O–H groups in total. The van der Waals surface area contributed by atoms with Crippen molar-refractivity contribution < 1.29 is 0 Å². The molecular weight excluding hydrogens is 1750 g/mol.